The molecule has 0 fully saturated rings. The van der Waals surface area contributed by atoms with Crippen LogP contribution in [0.2, 0.25) is 0 Å². The van der Waals surface area contributed by atoms with Crippen LogP contribution in [0.5, 0.6) is 5.75 Å². The SMILES string of the molecule is CC(C)COc1ccccc1N(Nc1ccccc1)OCC(C)C. The molecule has 0 aromatic heterocycles. The average molecular weight is 328 g/mol. The molecule has 2 aromatic carbocycles. The van der Waals surface area contributed by atoms with E-state index in [1.54, 1.807) is 5.17 Å². The monoisotopic (exact) mass is 328 g/mol. The minimum atomic E-state index is 0.425. The molecule has 4 heteroatoms. The topological polar surface area (TPSA) is 33.7 Å². The van der Waals surface area contributed by atoms with Gasteiger partial charge in [0.2, 0.25) is 0 Å². The number of para-hydroxylation sites is 3. The van der Waals surface area contributed by atoms with Crippen LogP contribution in [0.4, 0.5) is 11.4 Å². The highest BCUT2D eigenvalue weighted by atomic mass is 16.7. The fraction of sp³-hybridized carbons (Fsp3) is 0.400. The summed E-state index contributed by atoms with van der Waals surface area (Å²) in [6.45, 7) is 9.80. The van der Waals surface area contributed by atoms with E-state index in [0.717, 1.165) is 17.1 Å². The second-order valence-corrected chi connectivity index (χ2v) is 6.63. The number of rotatable bonds is 9. The van der Waals surface area contributed by atoms with Gasteiger partial charge in [-0.05, 0) is 36.1 Å². The Morgan fingerprint density at radius 1 is 0.833 bits per heavy atom. The van der Waals surface area contributed by atoms with E-state index < -0.39 is 0 Å². The summed E-state index contributed by atoms with van der Waals surface area (Å²) in [6, 6.07) is 17.9. The third-order valence-electron chi connectivity index (χ3n) is 3.20. The molecule has 2 aromatic rings. The Bertz CT molecular complexity index is 600. The molecule has 130 valence electrons. The molecule has 0 radical (unpaired) electrons. The van der Waals surface area contributed by atoms with Crippen molar-refractivity contribution in [2.24, 2.45) is 11.8 Å². The second kappa shape index (κ2) is 9.18. The predicted octanol–water partition coefficient (Wildman–Crippen LogP) is 5.14. The molecular formula is C20H28N2O2. The van der Waals surface area contributed by atoms with Crippen molar-refractivity contribution in [3.63, 3.8) is 0 Å². The number of hydrazine groups is 1. The van der Waals surface area contributed by atoms with Crippen molar-refractivity contribution in [3.05, 3.63) is 54.6 Å². The lowest BCUT2D eigenvalue weighted by Crippen LogP contribution is -2.32. The van der Waals surface area contributed by atoms with Crippen LogP contribution < -0.4 is 15.3 Å². The first-order valence-corrected chi connectivity index (χ1v) is 8.53. The zero-order chi connectivity index (χ0) is 17.4. The maximum absolute atomic E-state index is 5.98. The van der Waals surface area contributed by atoms with Crippen LogP contribution in [0, 0.1) is 11.8 Å². The smallest absolute Gasteiger partial charge is 0.147 e. The molecular weight excluding hydrogens is 300 g/mol. The van der Waals surface area contributed by atoms with E-state index in [4.69, 9.17) is 9.57 Å². The summed E-state index contributed by atoms with van der Waals surface area (Å²) in [5, 5.41) is 1.70. The molecule has 0 aliphatic rings. The van der Waals surface area contributed by atoms with Crippen molar-refractivity contribution >= 4 is 11.4 Å². The zero-order valence-electron chi connectivity index (χ0n) is 15.0. The van der Waals surface area contributed by atoms with E-state index in [0.29, 0.717) is 25.0 Å². The molecule has 1 N–H and O–H groups in total. The van der Waals surface area contributed by atoms with Gasteiger partial charge in [-0.25, -0.2) is 0 Å². The lowest BCUT2D eigenvalue weighted by molar-refractivity contribution is 0.0959. The van der Waals surface area contributed by atoms with E-state index in [1.165, 1.54) is 0 Å². The molecule has 0 unspecified atom stereocenters. The minimum Gasteiger partial charge on any atom is -0.491 e. The summed E-state index contributed by atoms with van der Waals surface area (Å²) in [4.78, 5) is 5.98. The van der Waals surface area contributed by atoms with Crippen LogP contribution in [0.1, 0.15) is 27.7 Å². The standard InChI is InChI=1S/C20H28N2O2/c1-16(2)14-23-20-13-9-8-12-19(20)22(24-15-17(3)4)21-18-10-6-5-7-11-18/h5-13,16-17,21H,14-15H2,1-4H3. The number of ether oxygens (including phenoxy) is 1. The number of benzene rings is 2. The molecule has 4 nitrogen and oxygen atoms in total. The van der Waals surface area contributed by atoms with E-state index in [1.807, 2.05) is 54.6 Å². The average Bonchev–Trinajstić information content (AvgIpc) is 2.58. The van der Waals surface area contributed by atoms with E-state index >= 15 is 0 Å². The highest BCUT2D eigenvalue weighted by molar-refractivity contribution is 5.60. The van der Waals surface area contributed by atoms with Crippen molar-refractivity contribution < 1.29 is 9.57 Å². The van der Waals surface area contributed by atoms with Crippen LogP contribution in [0.25, 0.3) is 0 Å². The molecule has 0 saturated carbocycles. The van der Waals surface area contributed by atoms with Crippen molar-refractivity contribution in [1.29, 1.82) is 0 Å². The Hall–Kier alpha value is -2.20. The van der Waals surface area contributed by atoms with Gasteiger partial charge < -0.3 is 4.74 Å². The highest BCUT2D eigenvalue weighted by Gasteiger charge is 2.14. The van der Waals surface area contributed by atoms with Gasteiger partial charge in [0.15, 0.2) is 0 Å². The number of hydrogen-bond acceptors (Lipinski definition) is 4. The summed E-state index contributed by atoms with van der Waals surface area (Å²) in [5.41, 5.74) is 5.13. The summed E-state index contributed by atoms with van der Waals surface area (Å²) in [6.07, 6.45) is 0. The molecule has 0 aliphatic heterocycles. The lowest BCUT2D eigenvalue weighted by atomic mass is 10.2. The normalized spacial score (nSPS) is 10.9. The quantitative estimate of drug-likeness (QED) is 0.646. The van der Waals surface area contributed by atoms with E-state index in [9.17, 15) is 0 Å². The van der Waals surface area contributed by atoms with Gasteiger partial charge in [0, 0.05) is 0 Å². The van der Waals surface area contributed by atoms with Gasteiger partial charge in [0.25, 0.3) is 0 Å². The number of nitrogens with zero attached hydrogens (tertiary/aromatic N) is 1. The molecule has 0 bridgehead atoms. The van der Waals surface area contributed by atoms with Crippen LogP contribution in [0.15, 0.2) is 54.6 Å². The fourth-order valence-electron chi connectivity index (χ4n) is 2.02. The van der Waals surface area contributed by atoms with E-state index in [2.05, 4.69) is 33.1 Å². The molecule has 0 amide bonds. The van der Waals surface area contributed by atoms with Gasteiger partial charge >= 0.3 is 0 Å². The third-order valence-corrected chi connectivity index (χ3v) is 3.20. The summed E-state index contributed by atoms with van der Waals surface area (Å²) >= 11 is 0. The molecule has 2 rings (SSSR count). The molecule has 0 atom stereocenters. The van der Waals surface area contributed by atoms with Crippen molar-refractivity contribution in [3.8, 4) is 5.75 Å². The van der Waals surface area contributed by atoms with Crippen molar-refractivity contribution in [2.75, 3.05) is 23.8 Å². The first-order chi connectivity index (χ1) is 11.6. The largest absolute Gasteiger partial charge is 0.491 e. The Morgan fingerprint density at radius 2 is 1.46 bits per heavy atom. The van der Waals surface area contributed by atoms with Gasteiger partial charge in [-0.3, -0.25) is 10.3 Å². The predicted molar refractivity (Wildman–Crippen MR) is 100 cm³/mol. The van der Waals surface area contributed by atoms with Crippen LogP contribution in [0.3, 0.4) is 0 Å². The Balaban J connectivity index is 2.22. The molecule has 0 aliphatic carbocycles. The number of hydrogen-bond donors (Lipinski definition) is 1. The molecule has 0 saturated heterocycles. The lowest BCUT2D eigenvalue weighted by Gasteiger charge is -2.27. The molecule has 24 heavy (non-hydrogen) atoms. The number of nitrogens with one attached hydrogen (secondary N) is 1. The molecule has 0 heterocycles. The van der Waals surface area contributed by atoms with Crippen molar-refractivity contribution in [2.45, 2.75) is 27.7 Å². The van der Waals surface area contributed by atoms with Gasteiger partial charge in [0.05, 0.1) is 18.9 Å². The Labute approximate surface area is 145 Å². The van der Waals surface area contributed by atoms with Gasteiger partial charge in [0.1, 0.15) is 11.4 Å². The Kier molecular flexibility index (Phi) is 6.94. The van der Waals surface area contributed by atoms with Gasteiger partial charge in [-0.15, -0.1) is 0 Å². The number of anilines is 2. The highest BCUT2D eigenvalue weighted by Crippen LogP contribution is 2.29. The Morgan fingerprint density at radius 3 is 2.12 bits per heavy atom. The summed E-state index contributed by atoms with van der Waals surface area (Å²) in [7, 11) is 0. The minimum absolute atomic E-state index is 0.425. The van der Waals surface area contributed by atoms with Gasteiger partial charge in [-0.1, -0.05) is 58.0 Å². The first-order valence-electron chi connectivity index (χ1n) is 8.53. The maximum Gasteiger partial charge on any atom is 0.147 e. The maximum atomic E-state index is 5.98. The van der Waals surface area contributed by atoms with Crippen LogP contribution in [-0.2, 0) is 4.84 Å². The third kappa shape index (κ3) is 5.78. The second-order valence-electron chi connectivity index (χ2n) is 6.63. The summed E-state index contributed by atoms with van der Waals surface area (Å²) in [5.74, 6) is 1.69. The van der Waals surface area contributed by atoms with Crippen LogP contribution >= 0.6 is 0 Å². The van der Waals surface area contributed by atoms with Gasteiger partial charge in [-0.2, -0.15) is 5.17 Å². The van der Waals surface area contributed by atoms with Crippen molar-refractivity contribution in [1.82, 2.24) is 0 Å². The van der Waals surface area contributed by atoms with Crippen LogP contribution in [-0.4, -0.2) is 13.2 Å². The summed E-state index contributed by atoms with van der Waals surface area (Å²) < 4.78 is 5.96. The first kappa shape index (κ1) is 18.1. The van der Waals surface area contributed by atoms with E-state index in [-0.39, 0.29) is 0 Å². The molecule has 0 spiro atoms. The fourth-order valence-corrected chi connectivity index (χ4v) is 2.02. The zero-order valence-corrected chi connectivity index (χ0v) is 15.0.